The van der Waals surface area contributed by atoms with E-state index in [0.29, 0.717) is 11.4 Å². The molecule has 0 saturated heterocycles. The van der Waals surface area contributed by atoms with Crippen molar-refractivity contribution in [1.82, 2.24) is 0 Å². The van der Waals surface area contributed by atoms with E-state index in [-0.39, 0.29) is 0 Å². The van der Waals surface area contributed by atoms with E-state index in [1.807, 2.05) is 12.1 Å². The summed E-state index contributed by atoms with van der Waals surface area (Å²) in [7, 11) is 1.48. The van der Waals surface area contributed by atoms with Crippen LogP contribution in [-0.4, -0.2) is 7.11 Å². The van der Waals surface area contributed by atoms with Crippen LogP contribution in [0.2, 0.25) is 0 Å². The lowest BCUT2D eigenvalue weighted by molar-refractivity contribution is 0.168. The second-order valence-electron chi connectivity index (χ2n) is 3.42. The summed E-state index contributed by atoms with van der Waals surface area (Å²) >= 11 is 0. The van der Waals surface area contributed by atoms with Gasteiger partial charge in [0.2, 0.25) is 0 Å². The molecule has 0 unspecified atom stereocenters. The summed E-state index contributed by atoms with van der Waals surface area (Å²) in [6.07, 6.45) is 4.08. The first-order valence-corrected chi connectivity index (χ1v) is 5.60. The average Bonchev–Trinajstić information content (AvgIpc) is 2.31. The van der Waals surface area contributed by atoms with Gasteiger partial charge in [0.15, 0.2) is 0 Å². The molecule has 0 aliphatic rings. The van der Waals surface area contributed by atoms with Gasteiger partial charge < -0.3 is 5.73 Å². The van der Waals surface area contributed by atoms with Crippen molar-refractivity contribution in [2.24, 2.45) is 5.84 Å². The van der Waals surface area contributed by atoms with Gasteiger partial charge in [0, 0.05) is 0 Å². The van der Waals surface area contributed by atoms with Crippen molar-refractivity contribution in [2.45, 2.75) is 33.1 Å². The van der Waals surface area contributed by atoms with Crippen molar-refractivity contribution >= 4 is 11.4 Å². The number of nitrogen functional groups attached to an aromatic ring is 1. The number of nitrogens with zero attached hydrogens (tertiary/aromatic N) is 1. The molecule has 0 spiro atoms. The summed E-state index contributed by atoms with van der Waals surface area (Å²) in [5.74, 6) is 5.43. The summed E-state index contributed by atoms with van der Waals surface area (Å²) in [5.41, 5.74) is 6.85. The number of hydrazine groups is 1. The summed E-state index contributed by atoms with van der Waals surface area (Å²) in [4.78, 5) is 4.75. The highest BCUT2D eigenvalue weighted by atomic mass is 16.7. The number of hydrogen-bond acceptors (Lipinski definition) is 4. The van der Waals surface area contributed by atoms with E-state index < -0.39 is 0 Å². The standard InChI is InChI=1S/C7H11N3O.C5H12/c1-11-10(9)7-5-3-2-4-6(7)8;1-3-5-4-2/h2-5H,8-9H2,1H3;3-5H2,1-2H3. The largest absolute Gasteiger partial charge is 0.397 e. The molecular weight excluding hydrogens is 202 g/mol. The van der Waals surface area contributed by atoms with E-state index >= 15 is 0 Å². The number of anilines is 2. The van der Waals surface area contributed by atoms with Crippen LogP contribution in [0, 0.1) is 0 Å². The molecule has 1 rings (SSSR count). The quantitative estimate of drug-likeness (QED) is 0.470. The van der Waals surface area contributed by atoms with E-state index in [1.54, 1.807) is 12.1 Å². The van der Waals surface area contributed by atoms with Crippen molar-refractivity contribution < 1.29 is 4.84 Å². The van der Waals surface area contributed by atoms with Crippen LogP contribution in [0.15, 0.2) is 24.3 Å². The molecular formula is C12H23N3O. The molecule has 0 atom stereocenters. The minimum Gasteiger partial charge on any atom is -0.397 e. The molecule has 0 saturated carbocycles. The SMILES string of the molecule is CCCCC.CON(N)c1ccccc1N. The molecule has 0 fully saturated rings. The van der Waals surface area contributed by atoms with Gasteiger partial charge in [0.1, 0.15) is 5.69 Å². The number of para-hydroxylation sites is 2. The number of rotatable bonds is 4. The summed E-state index contributed by atoms with van der Waals surface area (Å²) < 4.78 is 0. The van der Waals surface area contributed by atoms with Gasteiger partial charge in [-0.1, -0.05) is 45.2 Å². The van der Waals surface area contributed by atoms with Crippen molar-refractivity contribution in [3.63, 3.8) is 0 Å². The summed E-state index contributed by atoms with van der Waals surface area (Å²) in [6.45, 7) is 4.42. The normalized spacial score (nSPS) is 9.25. The zero-order valence-electron chi connectivity index (χ0n) is 10.4. The molecule has 1 aromatic rings. The highest BCUT2D eigenvalue weighted by Crippen LogP contribution is 2.19. The van der Waals surface area contributed by atoms with Crippen LogP contribution in [0.3, 0.4) is 0 Å². The van der Waals surface area contributed by atoms with Crippen LogP contribution in [0.5, 0.6) is 0 Å². The fourth-order valence-electron chi connectivity index (χ4n) is 1.14. The van der Waals surface area contributed by atoms with Crippen molar-refractivity contribution in [1.29, 1.82) is 0 Å². The Hall–Kier alpha value is -1.26. The molecule has 0 heterocycles. The Labute approximate surface area is 98.1 Å². The molecule has 0 aliphatic carbocycles. The van der Waals surface area contributed by atoms with Crippen LogP contribution >= 0.6 is 0 Å². The molecule has 16 heavy (non-hydrogen) atoms. The van der Waals surface area contributed by atoms with Gasteiger partial charge in [-0.25, -0.2) is 5.84 Å². The first-order chi connectivity index (χ1) is 7.67. The monoisotopic (exact) mass is 225 g/mol. The Kier molecular flexibility index (Phi) is 8.29. The number of unbranched alkanes of at least 4 members (excludes halogenated alkanes) is 2. The maximum Gasteiger partial charge on any atom is 0.105 e. The van der Waals surface area contributed by atoms with Crippen LogP contribution in [0.1, 0.15) is 33.1 Å². The molecule has 4 heteroatoms. The third kappa shape index (κ3) is 5.58. The maximum atomic E-state index is 5.60. The van der Waals surface area contributed by atoms with E-state index in [2.05, 4.69) is 13.8 Å². The predicted octanol–water partition coefficient (Wildman–Crippen LogP) is 2.71. The minimum atomic E-state index is 0.594. The van der Waals surface area contributed by atoms with Crippen molar-refractivity contribution in [3.8, 4) is 0 Å². The number of hydrogen-bond donors (Lipinski definition) is 2. The van der Waals surface area contributed by atoms with Gasteiger partial charge in [-0.15, -0.1) is 0 Å². The lowest BCUT2D eigenvalue weighted by atomic mass is 10.3. The van der Waals surface area contributed by atoms with Crippen molar-refractivity contribution in [2.75, 3.05) is 18.0 Å². The Balaban J connectivity index is 0.000000385. The Morgan fingerprint density at radius 1 is 1.19 bits per heavy atom. The predicted molar refractivity (Wildman–Crippen MR) is 69.7 cm³/mol. The van der Waals surface area contributed by atoms with Gasteiger partial charge in [-0.2, -0.15) is 5.17 Å². The second kappa shape index (κ2) is 9.00. The highest BCUT2D eigenvalue weighted by molar-refractivity contribution is 5.65. The van der Waals surface area contributed by atoms with E-state index in [4.69, 9.17) is 16.4 Å². The summed E-state index contributed by atoms with van der Waals surface area (Å²) in [6, 6.07) is 7.21. The number of benzene rings is 1. The molecule has 0 amide bonds. The van der Waals surface area contributed by atoms with Gasteiger partial charge in [0.05, 0.1) is 12.8 Å². The topological polar surface area (TPSA) is 64.5 Å². The van der Waals surface area contributed by atoms with Gasteiger partial charge in [0.25, 0.3) is 0 Å². The van der Waals surface area contributed by atoms with Crippen LogP contribution in [0.25, 0.3) is 0 Å². The van der Waals surface area contributed by atoms with Crippen molar-refractivity contribution in [3.05, 3.63) is 24.3 Å². The molecule has 0 radical (unpaired) electrons. The van der Waals surface area contributed by atoms with Gasteiger partial charge in [-0.3, -0.25) is 4.84 Å². The lowest BCUT2D eigenvalue weighted by Gasteiger charge is -2.16. The molecule has 0 bridgehead atoms. The maximum absolute atomic E-state index is 5.60. The fourth-order valence-corrected chi connectivity index (χ4v) is 1.14. The highest BCUT2D eigenvalue weighted by Gasteiger charge is 2.01. The smallest absolute Gasteiger partial charge is 0.105 e. The average molecular weight is 225 g/mol. The Morgan fingerprint density at radius 2 is 1.75 bits per heavy atom. The van der Waals surface area contributed by atoms with Gasteiger partial charge >= 0.3 is 0 Å². The minimum absolute atomic E-state index is 0.594. The molecule has 1 aromatic carbocycles. The van der Waals surface area contributed by atoms with E-state index in [9.17, 15) is 0 Å². The molecule has 0 aromatic heterocycles. The second-order valence-corrected chi connectivity index (χ2v) is 3.42. The molecule has 4 N–H and O–H groups in total. The van der Waals surface area contributed by atoms with E-state index in [0.717, 1.165) is 5.17 Å². The third-order valence-corrected chi connectivity index (χ3v) is 2.08. The lowest BCUT2D eigenvalue weighted by Crippen LogP contribution is -2.29. The fraction of sp³-hybridized carbons (Fsp3) is 0.500. The first-order valence-electron chi connectivity index (χ1n) is 5.60. The Bertz CT molecular complexity index is 277. The molecule has 92 valence electrons. The first kappa shape index (κ1) is 14.7. The zero-order valence-corrected chi connectivity index (χ0v) is 10.4. The third-order valence-electron chi connectivity index (χ3n) is 2.08. The van der Waals surface area contributed by atoms with Gasteiger partial charge in [-0.05, 0) is 12.1 Å². The number of nitrogens with two attached hydrogens (primary N) is 2. The van der Waals surface area contributed by atoms with Crippen LogP contribution < -0.4 is 16.7 Å². The van der Waals surface area contributed by atoms with Crippen LogP contribution in [0.4, 0.5) is 11.4 Å². The summed E-state index contributed by atoms with van der Waals surface area (Å²) in [5, 5.41) is 1.12. The van der Waals surface area contributed by atoms with E-state index in [1.165, 1.54) is 26.4 Å². The molecule has 4 nitrogen and oxygen atoms in total. The Morgan fingerprint density at radius 3 is 2.12 bits per heavy atom. The zero-order chi connectivity index (χ0) is 12.4. The van der Waals surface area contributed by atoms with Crippen LogP contribution in [-0.2, 0) is 4.84 Å². The molecule has 0 aliphatic heterocycles.